The molecule has 144 valence electrons. The van der Waals surface area contributed by atoms with Crippen molar-refractivity contribution >= 4 is 37.8 Å². The van der Waals surface area contributed by atoms with Crippen LogP contribution in [0.25, 0.3) is 11.1 Å². The molecular weight excluding hydrogens is 409 g/mol. The Labute approximate surface area is 161 Å². The third-order valence-corrected chi connectivity index (χ3v) is 6.11. The molecule has 0 saturated heterocycles. The average molecular weight is 421 g/mol. The minimum absolute atomic E-state index is 0.0118. The molecule has 0 amide bonds. The lowest BCUT2D eigenvalue weighted by atomic mass is 10.2. The van der Waals surface area contributed by atoms with Gasteiger partial charge in [0.2, 0.25) is 5.13 Å². The van der Waals surface area contributed by atoms with Crippen molar-refractivity contribution in [3.63, 3.8) is 0 Å². The number of sulfonamides is 1. The molecule has 1 aromatic carbocycles. The SMILES string of the molecule is CC(c1ccccn1)n1c(=O)oc2cc(S(=O)(=O)Nc3ncns3)c(F)cc21. The second-order valence-electron chi connectivity index (χ2n) is 5.77. The molecule has 0 aliphatic carbocycles. The van der Waals surface area contributed by atoms with Gasteiger partial charge in [-0.25, -0.2) is 22.6 Å². The Morgan fingerprint density at radius 2 is 2.11 bits per heavy atom. The van der Waals surface area contributed by atoms with E-state index < -0.39 is 32.5 Å². The Bertz CT molecular complexity index is 1300. The Morgan fingerprint density at radius 3 is 2.79 bits per heavy atom. The van der Waals surface area contributed by atoms with Gasteiger partial charge in [0.15, 0.2) is 5.58 Å². The van der Waals surface area contributed by atoms with Crippen LogP contribution in [0.5, 0.6) is 0 Å². The number of nitrogens with one attached hydrogen (secondary N) is 1. The Morgan fingerprint density at radius 1 is 1.29 bits per heavy atom. The normalized spacial score (nSPS) is 12.9. The zero-order chi connectivity index (χ0) is 19.9. The molecule has 4 aromatic rings. The summed E-state index contributed by atoms with van der Waals surface area (Å²) in [5.74, 6) is -1.79. The van der Waals surface area contributed by atoms with Crippen LogP contribution < -0.4 is 10.5 Å². The van der Waals surface area contributed by atoms with Crippen LogP contribution in [0.3, 0.4) is 0 Å². The Balaban J connectivity index is 1.82. The van der Waals surface area contributed by atoms with Crippen LogP contribution in [0.2, 0.25) is 0 Å². The van der Waals surface area contributed by atoms with Crippen molar-refractivity contribution in [3.05, 3.63) is 64.9 Å². The number of pyridine rings is 1. The summed E-state index contributed by atoms with van der Waals surface area (Å²) in [6, 6.07) is 6.59. The van der Waals surface area contributed by atoms with Gasteiger partial charge in [-0.15, -0.1) is 0 Å². The van der Waals surface area contributed by atoms with E-state index in [1.165, 1.54) is 10.9 Å². The first-order chi connectivity index (χ1) is 13.4. The highest BCUT2D eigenvalue weighted by atomic mass is 32.2. The van der Waals surface area contributed by atoms with Gasteiger partial charge >= 0.3 is 5.76 Å². The molecule has 28 heavy (non-hydrogen) atoms. The molecule has 1 N–H and O–H groups in total. The molecule has 1 atom stereocenters. The van der Waals surface area contributed by atoms with Crippen molar-refractivity contribution in [2.75, 3.05) is 4.72 Å². The number of anilines is 1. The number of benzene rings is 1. The molecule has 9 nitrogen and oxygen atoms in total. The van der Waals surface area contributed by atoms with Crippen molar-refractivity contribution in [2.45, 2.75) is 17.9 Å². The van der Waals surface area contributed by atoms with E-state index >= 15 is 0 Å². The van der Waals surface area contributed by atoms with Crippen molar-refractivity contribution in [3.8, 4) is 0 Å². The van der Waals surface area contributed by atoms with E-state index in [9.17, 15) is 17.6 Å². The quantitative estimate of drug-likeness (QED) is 0.525. The van der Waals surface area contributed by atoms with Gasteiger partial charge in [0.05, 0.1) is 17.3 Å². The number of hydrogen-bond acceptors (Lipinski definition) is 8. The molecule has 0 aliphatic heterocycles. The van der Waals surface area contributed by atoms with E-state index in [0.717, 1.165) is 23.7 Å². The number of aromatic nitrogens is 4. The van der Waals surface area contributed by atoms with Gasteiger partial charge in [-0.2, -0.15) is 4.37 Å². The maximum atomic E-state index is 14.7. The molecule has 1 unspecified atom stereocenters. The van der Waals surface area contributed by atoms with Gasteiger partial charge in [-0.05, 0) is 19.1 Å². The summed E-state index contributed by atoms with van der Waals surface area (Å²) in [5, 5.41) is -0.0118. The smallest absolute Gasteiger partial charge is 0.408 e. The largest absolute Gasteiger partial charge is 0.420 e. The van der Waals surface area contributed by atoms with E-state index in [1.54, 1.807) is 31.3 Å². The van der Waals surface area contributed by atoms with Crippen LogP contribution in [0.15, 0.2) is 57.0 Å². The van der Waals surface area contributed by atoms with Gasteiger partial charge in [-0.3, -0.25) is 14.3 Å². The number of oxazole rings is 1. The van der Waals surface area contributed by atoms with Gasteiger partial charge in [0, 0.05) is 29.9 Å². The lowest BCUT2D eigenvalue weighted by molar-refractivity contribution is 0.485. The minimum Gasteiger partial charge on any atom is -0.408 e. The topological polar surface area (TPSA) is 120 Å². The fraction of sp³-hybridized carbons (Fsp3) is 0.125. The van der Waals surface area contributed by atoms with Crippen LogP contribution in [0.1, 0.15) is 18.7 Å². The maximum Gasteiger partial charge on any atom is 0.420 e. The predicted octanol–water partition coefficient (Wildman–Crippen LogP) is 2.39. The third kappa shape index (κ3) is 3.16. The van der Waals surface area contributed by atoms with Crippen LogP contribution in [-0.2, 0) is 10.0 Å². The molecule has 0 spiro atoms. The van der Waals surface area contributed by atoms with Crippen LogP contribution in [-0.4, -0.2) is 27.3 Å². The maximum absolute atomic E-state index is 14.7. The standard InChI is InChI=1S/C16H12FN5O4S2/c1-9(11-4-2-3-5-18-11)22-12-6-10(17)14(7-13(12)26-16(22)23)28(24,25)21-15-19-8-20-27-15/h2-9H,1H3,(H,19,20,21). The third-order valence-electron chi connectivity index (χ3n) is 4.04. The number of fused-ring (bicyclic) bond motifs is 1. The molecular formula is C16H12FN5O4S2. The molecule has 3 heterocycles. The number of hydrogen-bond donors (Lipinski definition) is 1. The van der Waals surface area contributed by atoms with Gasteiger partial charge in [-0.1, -0.05) is 6.07 Å². The van der Waals surface area contributed by atoms with Gasteiger partial charge in [0.1, 0.15) is 17.0 Å². The van der Waals surface area contributed by atoms with Crippen LogP contribution in [0.4, 0.5) is 9.52 Å². The van der Waals surface area contributed by atoms with E-state index in [1.807, 2.05) is 0 Å². The van der Waals surface area contributed by atoms with E-state index in [-0.39, 0.29) is 16.2 Å². The highest BCUT2D eigenvalue weighted by molar-refractivity contribution is 7.93. The summed E-state index contributed by atoms with van der Waals surface area (Å²) in [6.07, 6.45) is 2.74. The zero-order valence-corrected chi connectivity index (χ0v) is 15.9. The number of halogens is 1. The summed E-state index contributed by atoms with van der Waals surface area (Å²) in [4.78, 5) is 19.6. The molecule has 4 rings (SSSR count). The van der Waals surface area contributed by atoms with Crippen molar-refractivity contribution < 1.29 is 17.2 Å². The van der Waals surface area contributed by atoms with Crippen molar-refractivity contribution in [2.24, 2.45) is 0 Å². The second-order valence-corrected chi connectivity index (χ2v) is 8.20. The molecule has 0 aliphatic rings. The molecule has 0 bridgehead atoms. The van der Waals surface area contributed by atoms with Gasteiger partial charge < -0.3 is 4.42 Å². The zero-order valence-electron chi connectivity index (χ0n) is 14.2. The van der Waals surface area contributed by atoms with Crippen molar-refractivity contribution in [1.82, 2.24) is 18.9 Å². The molecule has 0 radical (unpaired) electrons. The summed E-state index contributed by atoms with van der Waals surface area (Å²) < 4.78 is 51.8. The fourth-order valence-electron chi connectivity index (χ4n) is 2.75. The van der Waals surface area contributed by atoms with Crippen molar-refractivity contribution in [1.29, 1.82) is 0 Å². The van der Waals surface area contributed by atoms with E-state index in [2.05, 4.69) is 19.1 Å². The average Bonchev–Trinajstić information content (AvgIpc) is 3.27. The molecule has 12 heteroatoms. The number of nitrogens with zero attached hydrogens (tertiary/aromatic N) is 4. The van der Waals surface area contributed by atoms with E-state index in [0.29, 0.717) is 5.69 Å². The lowest BCUT2D eigenvalue weighted by Gasteiger charge is -2.12. The highest BCUT2D eigenvalue weighted by Gasteiger charge is 2.25. The highest BCUT2D eigenvalue weighted by Crippen LogP contribution is 2.27. The van der Waals surface area contributed by atoms with Gasteiger partial charge in [0.25, 0.3) is 10.0 Å². The minimum atomic E-state index is -4.28. The predicted molar refractivity (Wildman–Crippen MR) is 99.2 cm³/mol. The first-order valence-electron chi connectivity index (χ1n) is 7.92. The van der Waals surface area contributed by atoms with E-state index in [4.69, 9.17) is 4.42 Å². The summed E-state index contributed by atoms with van der Waals surface area (Å²) in [7, 11) is -4.28. The Hall–Kier alpha value is -3.12. The summed E-state index contributed by atoms with van der Waals surface area (Å²) >= 11 is 0.804. The fourth-order valence-corrected chi connectivity index (χ4v) is 4.49. The molecule has 3 aromatic heterocycles. The first-order valence-corrected chi connectivity index (χ1v) is 10.2. The summed E-state index contributed by atoms with van der Waals surface area (Å²) in [5.41, 5.74) is 0.629. The second kappa shape index (κ2) is 6.80. The first kappa shape index (κ1) is 18.3. The molecule has 0 fully saturated rings. The monoisotopic (exact) mass is 421 g/mol. The summed E-state index contributed by atoms with van der Waals surface area (Å²) in [6.45, 7) is 1.71. The number of rotatable bonds is 5. The Kier molecular flexibility index (Phi) is 4.43. The molecule has 0 saturated carbocycles. The van der Waals surface area contributed by atoms with Crippen LogP contribution in [0, 0.1) is 5.82 Å². The van der Waals surface area contributed by atoms with Crippen LogP contribution >= 0.6 is 11.5 Å². The lowest BCUT2D eigenvalue weighted by Crippen LogP contribution is -2.20.